The van der Waals surface area contributed by atoms with Gasteiger partial charge in [-0.25, -0.2) is 4.79 Å². The predicted molar refractivity (Wildman–Crippen MR) is 106 cm³/mol. The summed E-state index contributed by atoms with van der Waals surface area (Å²) in [5.41, 5.74) is 0.800. The zero-order chi connectivity index (χ0) is 19.1. The van der Waals surface area contributed by atoms with Gasteiger partial charge in [-0.3, -0.25) is 9.59 Å². The van der Waals surface area contributed by atoms with Gasteiger partial charge in [0.25, 0.3) is 5.91 Å². The quantitative estimate of drug-likeness (QED) is 0.686. The van der Waals surface area contributed by atoms with Crippen molar-refractivity contribution < 1.29 is 19.1 Å². The maximum atomic E-state index is 12.4. The lowest BCUT2D eigenvalue weighted by molar-refractivity contribution is -0.113. The van der Waals surface area contributed by atoms with Crippen molar-refractivity contribution in [3.8, 4) is 0 Å². The number of thiophene rings is 1. The molecule has 0 atom stereocenters. The van der Waals surface area contributed by atoms with Gasteiger partial charge in [-0.1, -0.05) is 19.3 Å². The number of nitrogens with one attached hydrogen (secondary N) is 2. The molecule has 0 bridgehead atoms. The Morgan fingerprint density at radius 2 is 1.92 bits per heavy atom. The molecule has 0 spiro atoms. The van der Waals surface area contributed by atoms with Crippen molar-refractivity contribution in [2.45, 2.75) is 51.2 Å². The van der Waals surface area contributed by atoms with Crippen LogP contribution in [0.1, 0.15) is 64.6 Å². The Labute approximate surface area is 162 Å². The molecule has 1 aliphatic rings. The van der Waals surface area contributed by atoms with E-state index in [2.05, 4.69) is 10.6 Å². The molecule has 1 aromatic rings. The van der Waals surface area contributed by atoms with Gasteiger partial charge in [0.05, 0.1) is 22.8 Å². The number of anilines is 1. The van der Waals surface area contributed by atoms with E-state index in [-0.39, 0.29) is 24.0 Å². The van der Waals surface area contributed by atoms with Crippen LogP contribution in [0.4, 0.5) is 5.00 Å². The standard InChI is InChI=1S/C18H26N2O4S2/c1-4-24-18(23)14-11(2)15(16(22)19-3)26-17(14)20-13(21)10-25-12-8-6-5-7-9-12/h12H,4-10H2,1-3H3,(H,19,22)(H,20,21). The summed E-state index contributed by atoms with van der Waals surface area (Å²) < 4.78 is 5.09. The lowest BCUT2D eigenvalue weighted by atomic mass is 10.0. The van der Waals surface area contributed by atoms with Gasteiger partial charge in [-0.2, -0.15) is 0 Å². The second-order valence-corrected chi connectivity index (χ2v) is 8.49. The minimum absolute atomic E-state index is 0.157. The number of rotatable bonds is 7. The summed E-state index contributed by atoms with van der Waals surface area (Å²) in [5, 5.41) is 6.28. The van der Waals surface area contributed by atoms with Crippen molar-refractivity contribution in [3.05, 3.63) is 16.0 Å². The van der Waals surface area contributed by atoms with E-state index < -0.39 is 5.97 Å². The maximum Gasteiger partial charge on any atom is 0.341 e. The first kappa shape index (κ1) is 20.8. The van der Waals surface area contributed by atoms with Crippen LogP contribution in [0.25, 0.3) is 0 Å². The second kappa shape index (κ2) is 9.97. The number of hydrogen-bond donors (Lipinski definition) is 2. The lowest BCUT2D eigenvalue weighted by Crippen LogP contribution is -2.19. The Bertz CT molecular complexity index is 666. The highest BCUT2D eigenvalue weighted by atomic mass is 32.2. The van der Waals surface area contributed by atoms with Gasteiger partial charge < -0.3 is 15.4 Å². The third-order valence-corrected chi connectivity index (χ3v) is 6.89. The highest BCUT2D eigenvalue weighted by molar-refractivity contribution is 8.00. The molecule has 2 amide bonds. The Morgan fingerprint density at radius 1 is 1.23 bits per heavy atom. The Balaban J connectivity index is 2.11. The fourth-order valence-electron chi connectivity index (χ4n) is 2.97. The highest BCUT2D eigenvalue weighted by Gasteiger charge is 2.26. The van der Waals surface area contributed by atoms with Crippen LogP contribution in [0.15, 0.2) is 0 Å². The zero-order valence-electron chi connectivity index (χ0n) is 15.5. The monoisotopic (exact) mass is 398 g/mol. The molecule has 1 fully saturated rings. The fraction of sp³-hybridized carbons (Fsp3) is 0.611. The van der Waals surface area contributed by atoms with Crippen LogP contribution in [0.5, 0.6) is 0 Å². The van der Waals surface area contributed by atoms with Gasteiger partial charge in [-0.05, 0) is 32.3 Å². The van der Waals surface area contributed by atoms with Crippen molar-refractivity contribution in [2.24, 2.45) is 0 Å². The number of esters is 1. The molecule has 1 heterocycles. The molecule has 144 valence electrons. The summed E-state index contributed by atoms with van der Waals surface area (Å²) in [7, 11) is 1.53. The first-order valence-electron chi connectivity index (χ1n) is 8.91. The molecule has 1 saturated carbocycles. The van der Waals surface area contributed by atoms with Crippen LogP contribution >= 0.6 is 23.1 Å². The van der Waals surface area contributed by atoms with E-state index in [9.17, 15) is 14.4 Å². The van der Waals surface area contributed by atoms with Crippen LogP contribution in [0, 0.1) is 6.92 Å². The van der Waals surface area contributed by atoms with Crippen LogP contribution in [-0.2, 0) is 9.53 Å². The normalized spacial score (nSPS) is 14.7. The molecule has 0 saturated heterocycles. The van der Waals surface area contributed by atoms with Gasteiger partial charge in [0.1, 0.15) is 5.00 Å². The molecule has 2 rings (SSSR count). The molecule has 26 heavy (non-hydrogen) atoms. The topological polar surface area (TPSA) is 84.5 Å². The van der Waals surface area contributed by atoms with Crippen LogP contribution < -0.4 is 10.6 Å². The number of carbonyl (C=O) groups excluding carboxylic acids is 3. The van der Waals surface area contributed by atoms with E-state index in [1.807, 2.05) is 0 Å². The van der Waals surface area contributed by atoms with E-state index in [1.54, 1.807) is 25.6 Å². The summed E-state index contributed by atoms with van der Waals surface area (Å²) >= 11 is 2.78. The van der Waals surface area contributed by atoms with E-state index >= 15 is 0 Å². The van der Waals surface area contributed by atoms with Crippen molar-refractivity contribution in [2.75, 3.05) is 24.7 Å². The third-order valence-electron chi connectivity index (χ3n) is 4.31. The lowest BCUT2D eigenvalue weighted by Gasteiger charge is -2.20. The summed E-state index contributed by atoms with van der Waals surface area (Å²) in [6.07, 6.45) is 6.05. The minimum Gasteiger partial charge on any atom is -0.462 e. The van der Waals surface area contributed by atoms with Crippen molar-refractivity contribution >= 4 is 45.9 Å². The predicted octanol–water partition coefficient (Wildman–Crippen LogP) is 3.60. The van der Waals surface area contributed by atoms with E-state index in [1.165, 1.54) is 26.3 Å². The summed E-state index contributed by atoms with van der Waals surface area (Å²) in [4.78, 5) is 37.1. The van der Waals surface area contributed by atoms with Gasteiger partial charge in [-0.15, -0.1) is 23.1 Å². The minimum atomic E-state index is -0.522. The first-order valence-corrected chi connectivity index (χ1v) is 10.8. The second-order valence-electron chi connectivity index (χ2n) is 6.18. The Hall–Kier alpha value is -1.54. The van der Waals surface area contributed by atoms with Crippen LogP contribution in [0.3, 0.4) is 0 Å². The summed E-state index contributed by atoms with van der Waals surface area (Å²) in [6, 6.07) is 0. The largest absolute Gasteiger partial charge is 0.462 e. The van der Waals surface area contributed by atoms with Crippen molar-refractivity contribution in [1.29, 1.82) is 0 Å². The number of thioether (sulfide) groups is 1. The van der Waals surface area contributed by atoms with Gasteiger partial charge in [0.2, 0.25) is 5.91 Å². The van der Waals surface area contributed by atoms with Gasteiger partial charge >= 0.3 is 5.97 Å². The van der Waals surface area contributed by atoms with Gasteiger partial charge in [0.15, 0.2) is 0 Å². The Morgan fingerprint density at radius 3 is 2.54 bits per heavy atom. The summed E-state index contributed by atoms with van der Waals surface area (Å²) in [5.74, 6) is -0.614. The Kier molecular flexibility index (Phi) is 7.96. The molecule has 1 aromatic heterocycles. The van der Waals surface area contributed by atoms with E-state index in [0.717, 1.165) is 24.2 Å². The molecule has 6 nitrogen and oxygen atoms in total. The molecular formula is C18H26N2O4S2. The third kappa shape index (κ3) is 5.23. The molecule has 1 aliphatic carbocycles. The smallest absolute Gasteiger partial charge is 0.341 e. The number of ether oxygens (including phenoxy) is 1. The number of carbonyl (C=O) groups is 3. The molecule has 8 heteroatoms. The molecule has 0 aromatic carbocycles. The molecule has 0 aliphatic heterocycles. The average molecular weight is 399 g/mol. The number of amides is 2. The van der Waals surface area contributed by atoms with Gasteiger partial charge in [0, 0.05) is 12.3 Å². The fourth-order valence-corrected chi connectivity index (χ4v) is 5.25. The SMILES string of the molecule is CCOC(=O)c1c(NC(=O)CSC2CCCCC2)sc(C(=O)NC)c1C. The molecule has 2 N–H and O–H groups in total. The molecule has 0 unspecified atom stereocenters. The maximum absolute atomic E-state index is 12.4. The van der Waals surface area contributed by atoms with Crippen molar-refractivity contribution in [3.63, 3.8) is 0 Å². The highest BCUT2D eigenvalue weighted by Crippen LogP contribution is 2.34. The average Bonchev–Trinajstić information content (AvgIpc) is 2.96. The summed E-state index contributed by atoms with van der Waals surface area (Å²) in [6.45, 7) is 3.65. The zero-order valence-corrected chi connectivity index (χ0v) is 17.1. The molecular weight excluding hydrogens is 372 g/mol. The van der Waals surface area contributed by atoms with Crippen molar-refractivity contribution in [1.82, 2.24) is 5.32 Å². The van der Waals surface area contributed by atoms with Crippen LogP contribution in [0.2, 0.25) is 0 Å². The molecule has 0 radical (unpaired) electrons. The first-order chi connectivity index (χ1) is 12.5. The van der Waals surface area contributed by atoms with E-state index in [0.29, 0.717) is 26.4 Å². The van der Waals surface area contributed by atoms with Crippen LogP contribution in [-0.4, -0.2) is 42.4 Å². The number of hydrogen-bond acceptors (Lipinski definition) is 6. The van der Waals surface area contributed by atoms with E-state index in [4.69, 9.17) is 4.74 Å².